The van der Waals surface area contributed by atoms with Crippen molar-refractivity contribution in [1.29, 1.82) is 0 Å². The molecule has 0 amide bonds. The second-order valence-corrected chi connectivity index (χ2v) is 6.59. The average molecular weight is 305 g/mol. The van der Waals surface area contributed by atoms with Gasteiger partial charge in [0.05, 0.1) is 18.3 Å². The van der Waals surface area contributed by atoms with E-state index in [0.717, 1.165) is 24.4 Å². The Bertz CT molecular complexity index is 660. The summed E-state index contributed by atoms with van der Waals surface area (Å²) >= 11 is 5.99. The van der Waals surface area contributed by atoms with E-state index in [2.05, 4.69) is 9.88 Å². The second kappa shape index (κ2) is 4.83. The van der Waals surface area contributed by atoms with Crippen LogP contribution in [0, 0.1) is 5.92 Å². The Balaban J connectivity index is 1.41. The van der Waals surface area contributed by atoms with E-state index in [1.807, 2.05) is 24.3 Å². The maximum absolute atomic E-state index is 10.3. The van der Waals surface area contributed by atoms with Gasteiger partial charge in [0.25, 0.3) is 0 Å². The summed E-state index contributed by atoms with van der Waals surface area (Å²) in [7, 11) is 0. The molecule has 0 unspecified atom stereocenters. The lowest BCUT2D eigenvalue weighted by Gasteiger charge is -2.46. The summed E-state index contributed by atoms with van der Waals surface area (Å²) in [6.07, 6.45) is 4.07. The smallest absolute Gasteiger partial charge is 0.209 e. The fraction of sp³-hybridized carbons (Fsp3) is 0.438. The molecule has 110 valence electrons. The van der Waals surface area contributed by atoms with Crippen LogP contribution in [0.4, 0.5) is 0 Å². The molecular formula is C16H17ClN2O2. The average Bonchev–Trinajstić information content (AvgIpc) is 3.18. The Kier molecular flexibility index (Phi) is 3.06. The Morgan fingerprint density at radius 3 is 2.90 bits per heavy atom. The van der Waals surface area contributed by atoms with Crippen molar-refractivity contribution in [2.45, 2.75) is 25.0 Å². The second-order valence-electron chi connectivity index (χ2n) is 6.15. The fourth-order valence-electron chi connectivity index (χ4n) is 3.07. The molecular weight excluding hydrogens is 288 g/mol. The number of hydrogen-bond donors (Lipinski definition) is 1. The van der Waals surface area contributed by atoms with Crippen LogP contribution >= 0.6 is 11.6 Å². The first-order valence-corrected chi connectivity index (χ1v) is 7.66. The van der Waals surface area contributed by atoms with Gasteiger partial charge in [0.1, 0.15) is 0 Å². The molecule has 1 N–H and O–H groups in total. The quantitative estimate of drug-likeness (QED) is 0.943. The molecule has 2 fully saturated rings. The molecule has 0 atom stereocenters. The summed E-state index contributed by atoms with van der Waals surface area (Å²) < 4.78 is 5.78. The molecule has 1 aromatic carbocycles. The predicted octanol–water partition coefficient (Wildman–Crippen LogP) is 2.95. The maximum Gasteiger partial charge on any atom is 0.209 e. The lowest BCUT2D eigenvalue weighted by atomic mass is 9.89. The zero-order valence-corrected chi connectivity index (χ0v) is 12.4. The van der Waals surface area contributed by atoms with Crippen molar-refractivity contribution in [2.75, 3.05) is 13.1 Å². The third kappa shape index (κ3) is 2.59. The van der Waals surface area contributed by atoms with E-state index in [1.165, 1.54) is 12.8 Å². The molecule has 1 aliphatic carbocycles. The number of halogens is 1. The number of rotatable bonds is 4. The minimum atomic E-state index is -0.456. The van der Waals surface area contributed by atoms with Gasteiger partial charge in [-0.1, -0.05) is 23.7 Å². The SMILES string of the molecule is OC1(C2CC2)CN(Cc2ncc(-c3cccc(Cl)c3)o2)C1. The molecule has 1 saturated heterocycles. The molecule has 21 heavy (non-hydrogen) atoms. The number of likely N-dealkylation sites (tertiary alicyclic amines) is 1. The Morgan fingerprint density at radius 1 is 1.38 bits per heavy atom. The van der Waals surface area contributed by atoms with E-state index in [4.69, 9.17) is 16.0 Å². The lowest BCUT2D eigenvalue weighted by Crippen LogP contribution is -2.62. The van der Waals surface area contributed by atoms with Crippen LogP contribution in [0.1, 0.15) is 18.7 Å². The van der Waals surface area contributed by atoms with Crippen molar-refractivity contribution in [2.24, 2.45) is 5.92 Å². The zero-order valence-electron chi connectivity index (χ0n) is 11.6. The molecule has 1 saturated carbocycles. The van der Waals surface area contributed by atoms with Gasteiger partial charge < -0.3 is 9.52 Å². The molecule has 4 nitrogen and oxygen atoms in total. The van der Waals surface area contributed by atoms with Crippen molar-refractivity contribution in [3.05, 3.63) is 41.4 Å². The van der Waals surface area contributed by atoms with Gasteiger partial charge in [-0.15, -0.1) is 0 Å². The molecule has 5 heteroatoms. The van der Waals surface area contributed by atoms with Crippen LogP contribution in [0.25, 0.3) is 11.3 Å². The first kappa shape index (κ1) is 13.3. The van der Waals surface area contributed by atoms with Crippen molar-refractivity contribution < 1.29 is 9.52 Å². The van der Waals surface area contributed by atoms with Gasteiger partial charge in [0.2, 0.25) is 5.89 Å². The van der Waals surface area contributed by atoms with E-state index < -0.39 is 5.60 Å². The first-order valence-electron chi connectivity index (χ1n) is 7.28. The van der Waals surface area contributed by atoms with Crippen LogP contribution in [0.15, 0.2) is 34.9 Å². The number of nitrogens with zero attached hydrogens (tertiary/aromatic N) is 2. The van der Waals surface area contributed by atoms with E-state index in [-0.39, 0.29) is 0 Å². The van der Waals surface area contributed by atoms with E-state index in [1.54, 1.807) is 6.20 Å². The number of aliphatic hydroxyl groups is 1. The van der Waals surface area contributed by atoms with Crippen LogP contribution in [-0.4, -0.2) is 33.7 Å². The van der Waals surface area contributed by atoms with Gasteiger partial charge in [-0.2, -0.15) is 0 Å². The highest BCUT2D eigenvalue weighted by Gasteiger charge is 2.51. The van der Waals surface area contributed by atoms with Gasteiger partial charge in [0.15, 0.2) is 5.76 Å². The molecule has 0 spiro atoms. The molecule has 4 rings (SSSR count). The van der Waals surface area contributed by atoms with Gasteiger partial charge in [-0.25, -0.2) is 4.98 Å². The molecule has 2 heterocycles. The van der Waals surface area contributed by atoms with Crippen LogP contribution in [0.5, 0.6) is 0 Å². The minimum Gasteiger partial charge on any atom is -0.439 e. The Morgan fingerprint density at radius 2 is 2.19 bits per heavy atom. The van der Waals surface area contributed by atoms with Crippen LogP contribution < -0.4 is 0 Å². The lowest BCUT2D eigenvalue weighted by molar-refractivity contribution is -0.118. The third-order valence-corrected chi connectivity index (χ3v) is 4.59. The van der Waals surface area contributed by atoms with Crippen LogP contribution in [0.2, 0.25) is 5.02 Å². The molecule has 1 aromatic heterocycles. The third-order valence-electron chi connectivity index (χ3n) is 4.35. The molecule has 2 aliphatic rings. The van der Waals surface area contributed by atoms with Crippen molar-refractivity contribution in [3.63, 3.8) is 0 Å². The minimum absolute atomic E-state index is 0.456. The number of aromatic nitrogens is 1. The zero-order chi connectivity index (χ0) is 14.4. The van der Waals surface area contributed by atoms with Crippen molar-refractivity contribution >= 4 is 11.6 Å². The van der Waals surface area contributed by atoms with Crippen LogP contribution in [0.3, 0.4) is 0 Å². The number of hydrogen-bond acceptors (Lipinski definition) is 4. The Hall–Kier alpha value is -1.36. The van der Waals surface area contributed by atoms with Gasteiger partial charge in [-0.3, -0.25) is 4.90 Å². The van der Waals surface area contributed by atoms with Gasteiger partial charge in [-0.05, 0) is 30.9 Å². The van der Waals surface area contributed by atoms with Crippen molar-refractivity contribution in [1.82, 2.24) is 9.88 Å². The molecule has 1 aliphatic heterocycles. The van der Waals surface area contributed by atoms with Gasteiger partial charge >= 0.3 is 0 Å². The topological polar surface area (TPSA) is 49.5 Å². The molecule has 2 aromatic rings. The van der Waals surface area contributed by atoms with E-state index in [0.29, 0.717) is 23.4 Å². The highest BCUT2D eigenvalue weighted by molar-refractivity contribution is 6.30. The Labute approximate surface area is 128 Å². The standard InChI is InChI=1S/C16H17ClN2O2/c17-13-3-1-2-11(6-13)14-7-18-15(21-14)8-19-9-16(20,10-19)12-4-5-12/h1-3,6-7,12,20H,4-5,8-10H2. The predicted molar refractivity (Wildman–Crippen MR) is 79.9 cm³/mol. The van der Waals surface area contributed by atoms with E-state index >= 15 is 0 Å². The summed E-state index contributed by atoms with van der Waals surface area (Å²) in [5.41, 5.74) is 0.474. The highest BCUT2D eigenvalue weighted by Crippen LogP contribution is 2.44. The van der Waals surface area contributed by atoms with Crippen LogP contribution in [-0.2, 0) is 6.54 Å². The summed E-state index contributed by atoms with van der Waals surface area (Å²) in [6, 6.07) is 7.54. The van der Waals surface area contributed by atoms with Crippen molar-refractivity contribution in [3.8, 4) is 11.3 Å². The van der Waals surface area contributed by atoms with E-state index in [9.17, 15) is 5.11 Å². The van der Waals surface area contributed by atoms with Gasteiger partial charge in [0, 0.05) is 23.7 Å². The summed E-state index contributed by atoms with van der Waals surface area (Å²) in [5, 5.41) is 11.0. The summed E-state index contributed by atoms with van der Waals surface area (Å²) in [5.74, 6) is 1.92. The largest absolute Gasteiger partial charge is 0.439 e. The normalized spacial score (nSPS) is 21.2. The number of β-amino-alcohol motifs (C(OH)–C–C–N with tert-alkyl or cyclic N) is 1. The number of oxazole rings is 1. The molecule has 0 bridgehead atoms. The maximum atomic E-state index is 10.3. The number of benzene rings is 1. The summed E-state index contributed by atoms with van der Waals surface area (Å²) in [4.78, 5) is 6.49. The summed E-state index contributed by atoms with van der Waals surface area (Å²) in [6.45, 7) is 2.11. The first-order chi connectivity index (χ1) is 10.1. The fourth-order valence-corrected chi connectivity index (χ4v) is 3.26. The molecule has 0 radical (unpaired) electrons. The highest BCUT2D eigenvalue weighted by atomic mass is 35.5. The monoisotopic (exact) mass is 304 g/mol.